The van der Waals surface area contributed by atoms with Crippen molar-refractivity contribution in [3.05, 3.63) is 29.3 Å². The highest BCUT2D eigenvalue weighted by Gasteiger charge is 2.40. The van der Waals surface area contributed by atoms with Crippen molar-refractivity contribution >= 4 is 17.3 Å². The second-order valence-corrected chi connectivity index (χ2v) is 5.01. The van der Waals surface area contributed by atoms with E-state index in [0.717, 1.165) is 29.5 Å². The Morgan fingerprint density at radius 3 is 2.67 bits per heavy atom. The number of anilines is 1. The van der Waals surface area contributed by atoms with Crippen molar-refractivity contribution in [3.63, 3.8) is 0 Å². The first kappa shape index (κ1) is 10.8. The van der Waals surface area contributed by atoms with E-state index in [1.165, 1.54) is 0 Å². The quantitative estimate of drug-likeness (QED) is 0.829. The monoisotopic (exact) mass is 224 g/mol. The molecular weight excluding hydrogens is 208 g/mol. The largest absolute Gasteiger partial charge is 0.377 e. The first-order valence-corrected chi connectivity index (χ1v) is 5.76. The first-order chi connectivity index (χ1) is 7.15. The predicted octanol–water partition coefficient (Wildman–Crippen LogP) is 2.88. The summed E-state index contributed by atoms with van der Waals surface area (Å²) in [4.78, 5) is 0. The van der Waals surface area contributed by atoms with Crippen LogP contribution in [-0.2, 0) is 0 Å². The molecule has 0 spiro atoms. The number of nitrogens with two attached hydrogens (primary N) is 1. The van der Waals surface area contributed by atoms with E-state index in [4.69, 9.17) is 17.3 Å². The normalized spacial score (nSPS) is 29.7. The van der Waals surface area contributed by atoms with Crippen LogP contribution in [0.15, 0.2) is 24.3 Å². The van der Waals surface area contributed by atoms with Gasteiger partial charge in [0.25, 0.3) is 0 Å². The number of halogens is 1. The van der Waals surface area contributed by atoms with Crippen molar-refractivity contribution in [1.29, 1.82) is 0 Å². The molecule has 1 aliphatic carbocycles. The molecular formula is C12H17ClN2. The molecule has 0 aromatic heterocycles. The lowest BCUT2D eigenvalue weighted by molar-refractivity contribution is 0.194. The Kier molecular flexibility index (Phi) is 2.89. The third kappa shape index (κ3) is 2.11. The third-order valence-corrected chi connectivity index (χ3v) is 3.47. The van der Waals surface area contributed by atoms with E-state index in [0.29, 0.717) is 6.54 Å². The van der Waals surface area contributed by atoms with E-state index in [9.17, 15) is 0 Å². The van der Waals surface area contributed by atoms with Crippen LogP contribution in [0.4, 0.5) is 5.69 Å². The van der Waals surface area contributed by atoms with Crippen molar-refractivity contribution in [3.8, 4) is 0 Å². The molecule has 1 aliphatic rings. The van der Waals surface area contributed by atoms with Gasteiger partial charge in [0.15, 0.2) is 0 Å². The van der Waals surface area contributed by atoms with Crippen LogP contribution in [0.1, 0.15) is 19.8 Å². The molecule has 0 heterocycles. The van der Waals surface area contributed by atoms with Crippen LogP contribution >= 0.6 is 11.6 Å². The van der Waals surface area contributed by atoms with Gasteiger partial charge in [0.1, 0.15) is 0 Å². The lowest BCUT2D eigenvalue weighted by Gasteiger charge is -2.47. The molecule has 2 rings (SSSR count). The molecule has 1 aromatic carbocycles. The SMILES string of the molecule is CC1CC(CN)(Nc2ccccc2Cl)C1. The standard InChI is InChI=1S/C12H17ClN2/c1-9-6-12(7-9,8-14)15-11-5-3-2-4-10(11)13/h2-5,9,15H,6-8,14H2,1H3. The molecule has 0 atom stereocenters. The third-order valence-electron chi connectivity index (χ3n) is 3.14. The molecule has 15 heavy (non-hydrogen) atoms. The molecule has 2 nitrogen and oxygen atoms in total. The Labute approximate surface area is 95.8 Å². The molecule has 1 saturated carbocycles. The number of para-hydroxylation sites is 1. The molecule has 1 aromatic rings. The van der Waals surface area contributed by atoms with Crippen LogP contribution in [0.2, 0.25) is 5.02 Å². The highest BCUT2D eigenvalue weighted by molar-refractivity contribution is 6.33. The van der Waals surface area contributed by atoms with Gasteiger partial charge in [0.05, 0.1) is 16.2 Å². The van der Waals surface area contributed by atoms with Gasteiger partial charge in [-0.15, -0.1) is 0 Å². The lowest BCUT2D eigenvalue weighted by Crippen LogP contribution is -2.54. The summed E-state index contributed by atoms with van der Waals surface area (Å²) in [6.07, 6.45) is 2.27. The zero-order valence-corrected chi connectivity index (χ0v) is 9.72. The maximum Gasteiger partial charge on any atom is 0.0637 e. The highest BCUT2D eigenvalue weighted by Crippen LogP contribution is 2.40. The van der Waals surface area contributed by atoms with Gasteiger partial charge in [0, 0.05) is 6.54 Å². The first-order valence-electron chi connectivity index (χ1n) is 5.38. The number of nitrogens with one attached hydrogen (secondary N) is 1. The van der Waals surface area contributed by atoms with Crippen LogP contribution in [0, 0.1) is 5.92 Å². The second-order valence-electron chi connectivity index (χ2n) is 4.60. The van der Waals surface area contributed by atoms with Crippen molar-refractivity contribution in [2.75, 3.05) is 11.9 Å². The van der Waals surface area contributed by atoms with Gasteiger partial charge in [-0.1, -0.05) is 30.7 Å². The smallest absolute Gasteiger partial charge is 0.0637 e. The van der Waals surface area contributed by atoms with Crippen LogP contribution in [0.3, 0.4) is 0 Å². The van der Waals surface area contributed by atoms with Gasteiger partial charge < -0.3 is 11.1 Å². The molecule has 0 radical (unpaired) electrons. The Morgan fingerprint density at radius 2 is 2.13 bits per heavy atom. The summed E-state index contributed by atoms with van der Waals surface area (Å²) in [6, 6.07) is 7.82. The van der Waals surface area contributed by atoms with Crippen molar-refractivity contribution in [1.82, 2.24) is 0 Å². The maximum atomic E-state index is 6.10. The number of hydrogen-bond acceptors (Lipinski definition) is 2. The minimum absolute atomic E-state index is 0.0738. The summed E-state index contributed by atoms with van der Waals surface area (Å²) in [5.41, 5.74) is 6.89. The van der Waals surface area contributed by atoms with E-state index in [1.54, 1.807) is 0 Å². The lowest BCUT2D eigenvalue weighted by atomic mass is 9.69. The molecule has 0 unspecified atom stereocenters. The number of rotatable bonds is 3. The summed E-state index contributed by atoms with van der Waals surface area (Å²) in [5, 5.41) is 4.25. The van der Waals surface area contributed by atoms with E-state index >= 15 is 0 Å². The van der Waals surface area contributed by atoms with Crippen LogP contribution < -0.4 is 11.1 Å². The highest BCUT2D eigenvalue weighted by atomic mass is 35.5. The zero-order chi connectivity index (χ0) is 10.9. The number of hydrogen-bond donors (Lipinski definition) is 2. The fourth-order valence-corrected chi connectivity index (χ4v) is 2.63. The fraction of sp³-hybridized carbons (Fsp3) is 0.500. The Hall–Kier alpha value is -0.730. The van der Waals surface area contributed by atoms with Crippen LogP contribution in [0.5, 0.6) is 0 Å². The van der Waals surface area contributed by atoms with E-state index in [1.807, 2.05) is 24.3 Å². The minimum Gasteiger partial charge on any atom is -0.377 e. The Morgan fingerprint density at radius 1 is 1.47 bits per heavy atom. The maximum absolute atomic E-state index is 6.10. The second kappa shape index (κ2) is 4.03. The van der Waals surface area contributed by atoms with E-state index < -0.39 is 0 Å². The van der Waals surface area contributed by atoms with Gasteiger partial charge >= 0.3 is 0 Å². The Bertz CT molecular complexity index is 345. The van der Waals surface area contributed by atoms with E-state index in [-0.39, 0.29) is 5.54 Å². The molecule has 0 saturated heterocycles. The van der Waals surface area contributed by atoms with E-state index in [2.05, 4.69) is 12.2 Å². The summed E-state index contributed by atoms with van der Waals surface area (Å²) < 4.78 is 0. The summed E-state index contributed by atoms with van der Waals surface area (Å²) in [7, 11) is 0. The fourth-order valence-electron chi connectivity index (χ4n) is 2.44. The topological polar surface area (TPSA) is 38.0 Å². The molecule has 82 valence electrons. The van der Waals surface area contributed by atoms with Gasteiger partial charge in [-0.2, -0.15) is 0 Å². The Balaban J connectivity index is 2.11. The average molecular weight is 225 g/mol. The van der Waals surface area contributed by atoms with Gasteiger partial charge in [-0.05, 0) is 30.9 Å². The zero-order valence-electron chi connectivity index (χ0n) is 8.96. The van der Waals surface area contributed by atoms with Gasteiger partial charge in [-0.25, -0.2) is 0 Å². The van der Waals surface area contributed by atoms with Crippen molar-refractivity contribution in [2.45, 2.75) is 25.3 Å². The summed E-state index contributed by atoms with van der Waals surface area (Å²) in [5.74, 6) is 0.767. The van der Waals surface area contributed by atoms with Crippen LogP contribution in [0.25, 0.3) is 0 Å². The molecule has 3 heteroatoms. The van der Waals surface area contributed by atoms with Gasteiger partial charge in [0.2, 0.25) is 0 Å². The average Bonchev–Trinajstić information content (AvgIpc) is 2.18. The van der Waals surface area contributed by atoms with Crippen LogP contribution in [-0.4, -0.2) is 12.1 Å². The van der Waals surface area contributed by atoms with Crippen molar-refractivity contribution < 1.29 is 0 Å². The summed E-state index contributed by atoms with van der Waals surface area (Å²) in [6.45, 7) is 2.92. The molecule has 3 N–H and O–H groups in total. The molecule has 0 amide bonds. The molecule has 1 fully saturated rings. The molecule has 0 aliphatic heterocycles. The van der Waals surface area contributed by atoms with Gasteiger partial charge in [-0.3, -0.25) is 0 Å². The minimum atomic E-state index is 0.0738. The predicted molar refractivity (Wildman–Crippen MR) is 65.3 cm³/mol. The van der Waals surface area contributed by atoms with Crippen molar-refractivity contribution in [2.24, 2.45) is 11.7 Å². The number of benzene rings is 1. The molecule has 0 bridgehead atoms. The summed E-state index contributed by atoms with van der Waals surface area (Å²) >= 11 is 6.10.